The maximum Gasteiger partial charge on any atom is 0.430 e. The zero-order valence-electron chi connectivity index (χ0n) is 20.1. The quantitative estimate of drug-likeness (QED) is 0.171. The molecule has 0 spiro atoms. The van der Waals surface area contributed by atoms with Gasteiger partial charge in [0.15, 0.2) is 23.9 Å². The third kappa shape index (κ3) is 6.35. The summed E-state index contributed by atoms with van der Waals surface area (Å²) in [6.45, 7) is -5.31. The summed E-state index contributed by atoms with van der Waals surface area (Å²) in [6.07, 6.45) is -10.0. The third-order valence-electron chi connectivity index (χ3n) is 6.12. The fourth-order valence-electron chi connectivity index (χ4n) is 4.21. The molecule has 15 heteroatoms. The second kappa shape index (κ2) is 11.4. The molecule has 0 unspecified atom stereocenters. The Bertz CT molecular complexity index is 1260. The van der Waals surface area contributed by atoms with Crippen molar-refractivity contribution in [3.8, 4) is 11.5 Å². The average molecular weight is 587 g/mol. The molecule has 1 N–H and O–H groups in total. The lowest BCUT2D eigenvalue weighted by atomic mass is 9.77. The van der Waals surface area contributed by atoms with Crippen molar-refractivity contribution < 1.29 is 63.2 Å². The average Bonchev–Trinajstić information content (AvgIpc) is 2.84. The van der Waals surface area contributed by atoms with Crippen molar-refractivity contribution in [1.82, 2.24) is 0 Å². The maximum atomic E-state index is 13.3. The van der Waals surface area contributed by atoms with Crippen LogP contribution >= 0.6 is 0 Å². The molecule has 2 aromatic carbocycles. The molecule has 40 heavy (non-hydrogen) atoms. The molecular weight excluding hydrogens is 568 g/mol. The summed E-state index contributed by atoms with van der Waals surface area (Å²) in [5, 5.41) is 21.2. The van der Waals surface area contributed by atoms with Crippen LogP contribution < -0.4 is 14.2 Å². The van der Waals surface area contributed by atoms with Gasteiger partial charge in [-0.15, -0.1) is 0 Å². The molecule has 0 saturated heterocycles. The topological polar surface area (TPSA) is 65.6 Å². The van der Waals surface area contributed by atoms with E-state index < -0.39 is 60.1 Å². The standard InChI is InChI=1S/C25H19F10NO4/c1-13(14-8-10-36(38)11-9-14)20(16-4-7-18(39-21(26)27)19(12-16)40-22(28)29)15-2-5-17(6-3-15)23(37,24(30,31)32)25(33,34)35/h2-13,20-22,37H,1H3/t13-,20-/m0/s1. The van der Waals surface area contributed by atoms with Crippen molar-refractivity contribution >= 4 is 0 Å². The van der Waals surface area contributed by atoms with E-state index in [1.54, 1.807) is 6.92 Å². The van der Waals surface area contributed by atoms with Crippen LogP contribution in [-0.4, -0.2) is 30.7 Å². The van der Waals surface area contributed by atoms with Crippen LogP contribution in [0.3, 0.4) is 0 Å². The molecule has 3 rings (SSSR count). The van der Waals surface area contributed by atoms with Crippen LogP contribution in [0.15, 0.2) is 67.0 Å². The summed E-state index contributed by atoms with van der Waals surface area (Å²) in [5.41, 5.74) is -6.16. The summed E-state index contributed by atoms with van der Waals surface area (Å²) >= 11 is 0. The van der Waals surface area contributed by atoms with E-state index in [2.05, 4.69) is 9.47 Å². The van der Waals surface area contributed by atoms with Crippen molar-refractivity contribution in [1.29, 1.82) is 0 Å². The molecule has 0 aliphatic rings. The molecule has 0 aliphatic carbocycles. The number of hydrogen-bond donors (Lipinski definition) is 1. The first-order valence-corrected chi connectivity index (χ1v) is 11.1. The number of benzene rings is 2. The molecule has 1 heterocycles. The molecule has 0 bridgehead atoms. The Kier molecular flexibility index (Phi) is 8.77. The number of hydrogen-bond acceptors (Lipinski definition) is 4. The van der Waals surface area contributed by atoms with Crippen LogP contribution in [0.5, 0.6) is 11.5 Å². The number of pyridine rings is 1. The van der Waals surface area contributed by atoms with Gasteiger partial charge < -0.3 is 19.8 Å². The normalized spacial score (nSPS) is 14.3. The lowest BCUT2D eigenvalue weighted by Gasteiger charge is -2.33. The Labute approximate surface area is 219 Å². The second-order valence-corrected chi connectivity index (χ2v) is 8.55. The Hall–Kier alpha value is -3.75. The maximum absolute atomic E-state index is 13.3. The summed E-state index contributed by atoms with van der Waals surface area (Å²) in [5.74, 6) is -3.32. The summed E-state index contributed by atoms with van der Waals surface area (Å²) in [4.78, 5) is 0. The molecule has 0 radical (unpaired) electrons. The Balaban J connectivity index is 2.18. The largest absolute Gasteiger partial charge is 0.619 e. The SMILES string of the molecule is C[C@@H](c1cc[n+]([O-])cc1)[C@@H](c1ccc(C(O)(C(F)(F)F)C(F)(F)F)cc1)c1ccc(OC(F)F)c(OC(F)F)c1. The van der Waals surface area contributed by atoms with E-state index >= 15 is 0 Å². The molecule has 2 atom stereocenters. The number of halogens is 10. The van der Waals surface area contributed by atoms with Gasteiger partial charge in [0.05, 0.1) is 0 Å². The van der Waals surface area contributed by atoms with E-state index in [9.17, 15) is 54.2 Å². The minimum Gasteiger partial charge on any atom is -0.619 e. The summed E-state index contributed by atoms with van der Waals surface area (Å²) < 4.78 is 140. The van der Waals surface area contributed by atoms with Gasteiger partial charge in [-0.3, -0.25) is 0 Å². The van der Waals surface area contributed by atoms with E-state index in [0.717, 1.165) is 36.7 Å². The predicted molar refractivity (Wildman–Crippen MR) is 118 cm³/mol. The smallest absolute Gasteiger partial charge is 0.430 e. The Morgan fingerprint density at radius 1 is 0.700 bits per heavy atom. The van der Waals surface area contributed by atoms with Gasteiger partial charge in [-0.2, -0.15) is 48.6 Å². The highest BCUT2D eigenvalue weighted by Gasteiger charge is 2.71. The van der Waals surface area contributed by atoms with Crippen molar-refractivity contribution in [3.05, 3.63) is 94.5 Å². The molecule has 0 fully saturated rings. The Morgan fingerprint density at radius 3 is 1.65 bits per heavy atom. The number of alkyl halides is 10. The van der Waals surface area contributed by atoms with Gasteiger partial charge >= 0.3 is 25.6 Å². The predicted octanol–water partition coefficient (Wildman–Crippen LogP) is 6.77. The first-order valence-electron chi connectivity index (χ1n) is 11.1. The van der Waals surface area contributed by atoms with E-state index in [-0.39, 0.29) is 11.1 Å². The molecular formula is C25H19F10NO4. The van der Waals surface area contributed by atoms with Crippen molar-refractivity contribution in [2.24, 2.45) is 0 Å². The summed E-state index contributed by atoms with van der Waals surface area (Å²) in [6, 6.07) is 8.28. The van der Waals surface area contributed by atoms with Crippen LogP contribution in [-0.2, 0) is 5.60 Å². The molecule has 0 aliphatic heterocycles. The van der Waals surface area contributed by atoms with Gasteiger partial charge in [0.25, 0.3) is 5.60 Å². The minimum absolute atomic E-state index is 0.0485. The van der Waals surface area contributed by atoms with Gasteiger partial charge in [0.2, 0.25) is 0 Å². The number of rotatable bonds is 9. The lowest BCUT2D eigenvalue weighted by molar-refractivity contribution is -0.605. The highest BCUT2D eigenvalue weighted by molar-refractivity contribution is 5.48. The second-order valence-electron chi connectivity index (χ2n) is 8.55. The lowest BCUT2D eigenvalue weighted by Crippen LogP contribution is -2.53. The van der Waals surface area contributed by atoms with Crippen LogP contribution in [0.4, 0.5) is 43.9 Å². The van der Waals surface area contributed by atoms with Gasteiger partial charge in [-0.05, 0) is 34.7 Å². The number of aliphatic hydroxyl groups is 1. The first kappa shape index (κ1) is 30.8. The zero-order valence-corrected chi connectivity index (χ0v) is 20.1. The van der Waals surface area contributed by atoms with Crippen molar-refractivity contribution in [2.45, 2.75) is 49.9 Å². The fraction of sp³-hybridized carbons (Fsp3) is 0.320. The van der Waals surface area contributed by atoms with E-state index in [4.69, 9.17) is 0 Å². The van der Waals surface area contributed by atoms with Gasteiger partial charge in [0.1, 0.15) is 0 Å². The van der Waals surface area contributed by atoms with E-state index in [1.807, 2.05) is 0 Å². The molecule has 3 aromatic rings. The van der Waals surface area contributed by atoms with Crippen LogP contribution in [0, 0.1) is 5.21 Å². The molecule has 218 valence electrons. The zero-order chi connectivity index (χ0) is 30.0. The van der Waals surface area contributed by atoms with Crippen LogP contribution in [0.2, 0.25) is 0 Å². The molecule has 0 saturated carbocycles. The number of ether oxygens (including phenoxy) is 2. The fourth-order valence-corrected chi connectivity index (χ4v) is 4.21. The summed E-state index contributed by atoms with van der Waals surface area (Å²) in [7, 11) is 0. The van der Waals surface area contributed by atoms with Gasteiger partial charge in [-0.25, -0.2) is 0 Å². The van der Waals surface area contributed by atoms with Crippen LogP contribution in [0.1, 0.15) is 41.0 Å². The van der Waals surface area contributed by atoms with Crippen LogP contribution in [0.25, 0.3) is 0 Å². The Morgan fingerprint density at radius 2 is 1.18 bits per heavy atom. The number of nitrogens with zero attached hydrogens (tertiary/aromatic N) is 1. The van der Waals surface area contributed by atoms with Gasteiger partial charge in [-0.1, -0.05) is 37.3 Å². The van der Waals surface area contributed by atoms with Crippen molar-refractivity contribution in [3.63, 3.8) is 0 Å². The molecule has 1 aromatic heterocycles. The van der Waals surface area contributed by atoms with E-state index in [1.165, 1.54) is 18.2 Å². The van der Waals surface area contributed by atoms with Crippen molar-refractivity contribution in [2.75, 3.05) is 0 Å². The molecule has 0 amide bonds. The number of aromatic nitrogens is 1. The third-order valence-corrected chi connectivity index (χ3v) is 6.12. The highest BCUT2D eigenvalue weighted by atomic mass is 19.4. The van der Waals surface area contributed by atoms with E-state index in [0.29, 0.717) is 22.4 Å². The first-order chi connectivity index (χ1) is 18.5. The van der Waals surface area contributed by atoms with Gasteiger partial charge in [0, 0.05) is 23.6 Å². The monoisotopic (exact) mass is 587 g/mol. The highest BCUT2D eigenvalue weighted by Crippen LogP contribution is 2.50. The minimum atomic E-state index is -6.13. The molecule has 5 nitrogen and oxygen atoms in total.